The second kappa shape index (κ2) is 5.11. The van der Waals surface area contributed by atoms with E-state index in [0.29, 0.717) is 6.04 Å². The molecule has 21 heavy (non-hydrogen) atoms. The predicted molar refractivity (Wildman–Crippen MR) is 85.3 cm³/mol. The van der Waals surface area contributed by atoms with Crippen LogP contribution >= 0.6 is 15.9 Å². The molecule has 0 spiro atoms. The molecule has 0 amide bonds. The maximum atomic E-state index is 4.72. The van der Waals surface area contributed by atoms with Crippen molar-refractivity contribution >= 4 is 32.8 Å². The van der Waals surface area contributed by atoms with Crippen LogP contribution in [-0.2, 0) is 0 Å². The van der Waals surface area contributed by atoms with Gasteiger partial charge in [0, 0.05) is 19.3 Å². The molecule has 1 unspecified atom stereocenters. The Hall–Kier alpha value is -1.95. The van der Waals surface area contributed by atoms with Crippen LogP contribution < -0.4 is 4.90 Å². The fourth-order valence-electron chi connectivity index (χ4n) is 2.78. The third-order valence-electron chi connectivity index (χ3n) is 3.87. The fraction of sp³-hybridized carbons (Fsp3) is 0.267. The van der Waals surface area contributed by atoms with Crippen LogP contribution in [0.15, 0.2) is 47.3 Å². The van der Waals surface area contributed by atoms with Gasteiger partial charge in [-0.1, -0.05) is 12.1 Å². The highest BCUT2D eigenvalue weighted by molar-refractivity contribution is 9.10. The zero-order valence-corrected chi connectivity index (χ0v) is 12.9. The fourth-order valence-corrected chi connectivity index (χ4v) is 3.08. The molecule has 0 radical (unpaired) electrons. The highest BCUT2D eigenvalue weighted by Crippen LogP contribution is 2.26. The van der Waals surface area contributed by atoms with Crippen molar-refractivity contribution in [1.29, 1.82) is 0 Å². The molecular weight excluding hydrogens is 330 g/mol. The predicted octanol–water partition coefficient (Wildman–Crippen LogP) is 3.04. The highest BCUT2D eigenvalue weighted by Gasteiger charge is 2.25. The highest BCUT2D eigenvalue weighted by atomic mass is 79.9. The molecule has 0 aliphatic carbocycles. The van der Waals surface area contributed by atoms with Crippen molar-refractivity contribution in [2.75, 3.05) is 18.0 Å². The summed E-state index contributed by atoms with van der Waals surface area (Å²) < 4.78 is 3.05. The first kappa shape index (κ1) is 12.8. The van der Waals surface area contributed by atoms with Crippen LogP contribution in [0.1, 0.15) is 12.5 Å². The summed E-state index contributed by atoms with van der Waals surface area (Å²) in [6.45, 7) is 1.90. The molecule has 0 saturated carbocycles. The molecule has 0 bridgehead atoms. The molecule has 1 aliphatic heterocycles. The van der Waals surface area contributed by atoms with E-state index in [0.717, 1.165) is 40.8 Å². The number of fused-ring (bicyclic) bond motifs is 1. The first-order chi connectivity index (χ1) is 10.3. The lowest BCUT2D eigenvalue weighted by Crippen LogP contribution is -2.22. The molecule has 1 aromatic carbocycles. The minimum atomic E-state index is 0.393. The monoisotopic (exact) mass is 343 g/mol. The normalized spacial score (nSPS) is 18.5. The lowest BCUT2D eigenvalue weighted by Gasteiger charge is -2.17. The van der Waals surface area contributed by atoms with E-state index < -0.39 is 0 Å². The van der Waals surface area contributed by atoms with E-state index in [9.17, 15) is 0 Å². The number of rotatable bonds is 2. The average Bonchev–Trinajstić information content (AvgIpc) is 3.15. The summed E-state index contributed by atoms with van der Waals surface area (Å²) in [6.07, 6.45) is 6.80. The molecule has 0 N–H and O–H groups in total. The van der Waals surface area contributed by atoms with E-state index in [1.54, 1.807) is 0 Å². The van der Waals surface area contributed by atoms with Gasteiger partial charge in [0.1, 0.15) is 5.82 Å². The molecule has 1 saturated heterocycles. The minimum Gasteiger partial charge on any atom is -0.353 e. The van der Waals surface area contributed by atoms with Crippen LogP contribution in [0.5, 0.6) is 0 Å². The van der Waals surface area contributed by atoms with Crippen LogP contribution in [0, 0.1) is 0 Å². The summed E-state index contributed by atoms with van der Waals surface area (Å²) in [7, 11) is 0. The molecule has 2 aromatic heterocycles. The number of anilines is 1. The number of para-hydroxylation sites is 2. The lowest BCUT2D eigenvalue weighted by atomic mass is 10.3. The van der Waals surface area contributed by atoms with Gasteiger partial charge in [0.15, 0.2) is 0 Å². The Morgan fingerprint density at radius 1 is 1.14 bits per heavy atom. The molecule has 3 aromatic rings. The van der Waals surface area contributed by atoms with E-state index in [1.807, 2.05) is 47.5 Å². The Balaban J connectivity index is 1.59. The Kier molecular flexibility index (Phi) is 3.11. The van der Waals surface area contributed by atoms with Crippen molar-refractivity contribution in [3.05, 3.63) is 47.3 Å². The van der Waals surface area contributed by atoms with Crippen LogP contribution in [0.4, 0.5) is 5.82 Å². The van der Waals surface area contributed by atoms with E-state index in [2.05, 4.69) is 30.9 Å². The SMILES string of the molecule is Brc1cnn(C2CCN(c3cnc4ccccc4n3)C2)c1. The first-order valence-corrected chi connectivity index (χ1v) is 7.75. The zero-order chi connectivity index (χ0) is 14.2. The van der Waals surface area contributed by atoms with Crippen molar-refractivity contribution in [3.63, 3.8) is 0 Å². The lowest BCUT2D eigenvalue weighted by molar-refractivity contribution is 0.494. The van der Waals surface area contributed by atoms with Crippen LogP contribution in [0.25, 0.3) is 11.0 Å². The second-order valence-electron chi connectivity index (χ2n) is 5.24. The molecule has 106 valence electrons. The Bertz CT molecular complexity index is 784. The standard InChI is InChI=1S/C15H14BrN5/c16-11-7-18-21(9-11)12-5-6-20(10-12)15-8-17-13-3-1-2-4-14(13)19-15/h1-4,7-9,12H,5-6,10H2. The topological polar surface area (TPSA) is 46.8 Å². The molecular formula is C15H14BrN5. The third-order valence-corrected chi connectivity index (χ3v) is 4.28. The molecule has 3 heterocycles. The molecule has 6 heteroatoms. The van der Waals surface area contributed by atoms with Gasteiger partial charge in [-0.15, -0.1) is 0 Å². The maximum absolute atomic E-state index is 4.72. The van der Waals surface area contributed by atoms with Crippen molar-refractivity contribution in [2.45, 2.75) is 12.5 Å². The van der Waals surface area contributed by atoms with Gasteiger partial charge < -0.3 is 4.90 Å². The third kappa shape index (κ3) is 2.40. The largest absolute Gasteiger partial charge is 0.353 e. The van der Waals surface area contributed by atoms with Gasteiger partial charge >= 0.3 is 0 Å². The average molecular weight is 344 g/mol. The zero-order valence-electron chi connectivity index (χ0n) is 11.4. The molecule has 1 aliphatic rings. The number of benzene rings is 1. The molecule has 4 rings (SSSR count). The van der Waals surface area contributed by atoms with Gasteiger partial charge in [-0.05, 0) is 34.5 Å². The van der Waals surface area contributed by atoms with Gasteiger partial charge in [0.25, 0.3) is 0 Å². The number of halogens is 1. The quantitative estimate of drug-likeness (QED) is 0.717. The van der Waals surface area contributed by atoms with Gasteiger partial charge in [-0.2, -0.15) is 5.10 Å². The van der Waals surface area contributed by atoms with Crippen molar-refractivity contribution in [2.24, 2.45) is 0 Å². The number of hydrogen-bond acceptors (Lipinski definition) is 4. The molecule has 5 nitrogen and oxygen atoms in total. The second-order valence-corrected chi connectivity index (χ2v) is 6.16. The summed E-state index contributed by atoms with van der Waals surface area (Å²) in [5.74, 6) is 0.947. The first-order valence-electron chi connectivity index (χ1n) is 6.96. The van der Waals surface area contributed by atoms with Crippen LogP contribution in [0.2, 0.25) is 0 Å². The summed E-state index contributed by atoms with van der Waals surface area (Å²) in [5.41, 5.74) is 1.88. The Labute approximate surface area is 130 Å². The number of aromatic nitrogens is 4. The smallest absolute Gasteiger partial charge is 0.147 e. The Morgan fingerprint density at radius 2 is 2.00 bits per heavy atom. The van der Waals surface area contributed by atoms with E-state index >= 15 is 0 Å². The van der Waals surface area contributed by atoms with E-state index in [-0.39, 0.29) is 0 Å². The summed E-state index contributed by atoms with van der Waals surface area (Å²) >= 11 is 3.45. The molecule has 1 atom stereocenters. The van der Waals surface area contributed by atoms with E-state index in [4.69, 9.17) is 4.98 Å². The van der Waals surface area contributed by atoms with Gasteiger partial charge in [-0.3, -0.25) is 9.67 Å². The van der Waals surface area contributed by atoms with Gasteiger partial charge in [0.2, 0.25) is 0 Å². The number of nitrogens with zero attached hydrogens (tertiary/aromatic N) is 5. The summed E-state index contributed by atoms with van der Waals surface area (Å²) in [6, 6.07) is 8.36. The van der Waals surface area contributed by atoms with Crippen LogP contribution in [0.3, 0.4) is 0 Å². The van der Waals surface area contributed by atoms with E-state index in [1.165, 1.54) is 0 Å². The van der Waals surface area contributed by atoms with Gasteiger partial charge in [-0.25, -0.2) is 4.98 Å². The minimum absolute atomic E-state index is 0.393. The van der Waals surface area contributed by atoms with Gasteiger partial charge in [0.05, 0.1) is 33.9 Å². The summed E-state index contributed by atoms with van der Waals surface area (Å²) in [4.78, 5) is 11.5. The number of hydrogen-bond donors (Lipinski definition) is 0. The van der Waals surface area contributed by atoms with Crippen LogP contribution in [-0.4, -0.2) is 32.8 Å². The maximum Gasteiger partial charge on any atom is 0.147 e. The van der Waals surface area contributed by atoms with Crippen molar-refractivity contribution in [1.82, 2.24) is 19.7 Å². The summed E-state index contributed by atoms with van der Waals surface area (Å²) in [5, 5.41) is 4.38. The van der Waals surface area contributed by atoms with Crippen molar-refractivity contribution < 1.29 is 0 Å². The van der Waals surface area contributed by atoms with Crippen molar-refractivity contribution in [3.8, 4) is 0 Å². The molecule has 1 fully saturated rings. The Morgan fingerprint density at radius 3 is 2.81 bits per heavy atom.